The molecule has 0 saturated carbocycles. The van der Waals surface area contributed by atoms with Gasteiger partial charge >= 0.3 is 5.97 Å². The molecule has 1 fully saturated rings. The van der Waals surface area contributed by atoms with Crippen LogP contribution in [0.3, 0.4) is 0 Å². The number of carbonyl (C=O) groups is 3. The summed E-state index contributed by atoms with van der Waals surface area (Å²) in [5.74, 6) is -4.14. The molecule has 1 aliphatic rings. The van der Waals surface area contributed by atoms with Gasteiger partial charge in [0.1, 0.15) is 36.2 Å². The molecular weight excluding hydrogens is 414 g/mol. The van der Waals surface area contributed by atoms with Gasteiger partial charge in [-0.3, -0.25) is 14.4 Å². The lowest BCUT2D eigenvalue weighted by Crippen LogP contribution is -2.58. The summed E-state index contributed by atoms with van der Waals surface area (Å²) in [6, 6.07) is 4.03. The number of aliphatic carboxylic acids is 1. The second-order valence-electron chi connectivity index (χ2n) is 7.24. The molecule has 1 saturated heterocycles. The van der Waals surface area contributed by atoms with Crippen molar-refractivity contribution in [2.24, 2.45) is 11.8 Å². The molecule has 1 aromatic carbocycles. The van der Waals surface area contributed by atoms with Crippen LogP contribution in [-0.4, -0.2) is 69.5 Å². The lowest BCUT2D eigenvalue weighted by molar-refractivity contribution is -0.306. The lowest BCUT2D eigenvalue weighted by Gasteiger charge is -2.38. The Labute approximate surface area is 179 Å². The highest BCUT2D eigenvalue weighted by molar-refractivity contribution is 5.94. The molecule has 5 unspecified atom stereocenters. The van der Waals surface area contributed by atoms with Gasteiger partial charge in [0.2, 0.25) is 12.2 Å². The quantitative estimate of drug-likeness (QED) is 0.353. The number of carboxylic acids is 1. The van der Waals surface area contributed by atoms with Gasteiger partial charge in [-0.15, -0.1) is 0 Å². The van der Waals surface area contributed by atoms with E-state index in [0.29, 0.717) is 0 Å². The zero-order chi connectivity index (χ0) is 24.0. The zero-order valence-corrected chi connectivity index (χ0v) is 17.1. The van der Waals surface area contributed by atoms with Crippen LogP contribution in [0.5, 0.6) is 11.5 Å². The van der Waals surface area contributed by atoms with Crippen molar-refractivity contribution in [3.8, 4) is 11.5 Å². The maximum absolute atomic E-state index is 12.2. The van der Waals surface area contributed by atoms with E-state index in [0.717, 1.165) is 0 Å². The van der Waals surface area contributed by atoms with Crippen molar-refractivity contribution >= 4 is 23.3 Å². The van der Waals surface area contributed by atoms with E-state index in [2.05, 4.69) is 5.32 Å². The van der Waals surface area contributed by atoms with E-state index in [1.807, 2.05) is 0 Å². The number of ether oxygens (including phenoxy) is 3. The van der Waals surface area contributed by atoms with Gasteiger partial charge in [-0.2, -0.15) is 0 Å². The minimum absolute atomic E-state index is 0.000862. The Balaban J connectivity index is 2.28. The molecule has 31 heavy (non-hydrogen) atoms. The van der Waals surface area contributed by atoms with E-state index in [1.165, 1.54) is 18.2 Å². The smallest absolute Gasteiger partial charge is 0.315 e. The van der Waals surface area contributed by atoms with Crippen LogP contribution < -0.4 is 14.8 Å². The number of aliphatic hydroxyl groups is 3. The number of anilines is 1. The molecule has 0 bridgehead atoms. The minimum Gasteiger partial charge on any atom is -0.484 e. The summed E-state index contributed by atoms with van der Waals surface area (Å²) in [6.45, 7) is 2.93. The SMILES string of the molecule is [2H]CCC(=O)COc1ccc(OC2OC(O)C(O)C(O)C2C(=O)O)cc1NC(=O)C(C)C. The fraction of sp³-hybridized carbons (Fsp3) is 0.550. The average molecular weight is 442 g/mol. The van der Waals surface area contributed by atoms with E-state index in [4.69, 9.17) is 15.6 Å². The molecule has 0 aromatic heterocycles. The summed E-state index contributed by atoms with van der Waals surface area (Å²) in [5.41, 5.74) is 0.128. The van der Waals surface area contributed by atoms with Gasteiger partial charge in [0.25, 0.3) is 0 Å². The van der Waals surface area contributed by atoms with Crippen LogP contribution in [0.4, 0.5) is 5.69 Å². The number of Topliss-reactive ketones (excluding diaryl/α,β-unsaturated/α-hetero) is 1. The number of carboxylic acid groups (broad SMARTS) is 1. The molecule has 11 nitrogen and oxygen atoms in total. The largest absolute Gasteiger partial charge is 0.484 e. The Morgan fingerprint density at radius 3 is 2.55 bits per heavy atom. The Kier molecular flexibility index (Phi) is 7.80. The van der Waals surface area contributed by atoms with Crippen molar-refractivity contribution in [3.05, 3.63) is 18.2 Å². The van der Waals surface area contributed by atoms with Crippen LogP contribution >= 0.6 is 0 Å². The number of carbonyl (C=O) groups excluding carboxylic acids is 2. The third kappa shape index (κ3) is 6.14. The van der Waals surface area contributed by atoms with E-state index in [9.17, 15) is 34.8 Å². The maximum atomic E-state index is 12.2. The first-order valence-corrected chi connectivity index (χ1v) is 9.53. The normalized spacial score (nSPS) is 26.1. The molecular formula is C20H27NO10. The van der Waals surface area contributed by atoms with Crippen LogP contribution in [-0.2, 0) is 19.1 Å². The predicted molar refractivity (Wildman–Crippen MR) is 105 cm³/mol. The highest BCUT2D eigenvalue weighted by atomic mass is 16.7. The average Bonchev–Trinajstić information content (AvgIpc) is 2.71. The zero-order valence-electron chi connectivity index (χ0n) is 18.1. The fourth-order valence-electron chi connectivity index (χ4n) is 2.66. The monoisotopic (exact) mass is 442 g/mol. The van der Waals surface area contributed by atoms with E-state index in [1.54, 1.807) is 13.8 Å². The predicted octanol–water partition coefficient (Wildman–Crippen LogP) is 0.115. The molecule has 1 heterocycles. The Hall–Kier alpha value is -2.73. The summed E-state index contributed by atoms with van der Waals surface area (Å²) in [6.07, 6.45) is -7.21. The summed E-state index contributed by atoms with van der Waals surface area (Å²) in [4.78, 5) is 35.4. The fourth-order valence-corrected chi connectivity index (χ4v) is 2.66. The number of rotatable bonds is 9. The van der Waals surface area contributed by atoms with Gasteiger partial charge in [-0.05, 0) is 12.1 Å². The Morgan fingerprint density at radius 2 is 1.94 bits per heavy atom. The highest BCUT2D eigenvalue weighted by Gasteiger charge is 2.49. The van der Waals surface area contributed by atoms with E-state index < -0.39 is 36.7 Å². The van der Waals surface area contributed by atoms with Crippen molar-refractivity contribution in [1.82, 2.24) is 0 Å². The van der Waals surface area contributed by atoms with Crippen LogP contribution in [0.15, 0.2) is 18.2 Å². The van der Waals surface area contributed by atoms with Gasteiger partial charge in [-0.25, -0.2) is 0 Å². The number of amides is 1. The first kappa shape index (κ1) is 22.9. The molecule has 172 valence electrons. The van der Waals surface area contributed by atoms with Crippen molar-refractivity contribution in [1.29, 1.82) is 0 Å². The Bertz CT molecular complexity index is 833. The van der Waals surface area contributed by atoms with Crippen LogP contribution in [0.2, 0.25) is 0 Å². The molecule has 5 atom stereocenters. The second-order valence-corrected chi connectivity index (χ2v) is 7.24. The number of hydrogen-bond donors (Lipinski definition) is 5. The first-order valence-electron chi connectivity index (χ1n) is 10.2. The molecule has 11 heteroatoms. The lowest BCUT2D eigenvalue weighted by atomic mass is 9.94. The minimum atomic E-state index is -1.88. The number of benzene rings is 1. The summed E-state index contributed by atoms with van der Waals surface area (Å²) < 4.78 is 23.0. The third-order valence-corrected chi connectivity index (χ3v) is 4.51. The molecule has 1 aliphatic heterocycles. The van der Waals surface area contributed by atoms with Crippen LogP contribution in [0.1, 0.15) is 28.5 Å². The van der Waals surface area contributed by atoms with Crippen molar-refractivity contribution in [3.63, 3.8) is 0 Å². The molecule has 0 radical (unpaired) electrons. The number of aliphatic hydroxyl groups excluding tert-OH is 3. The molecule has 0 aliphatic carbocycles. The third-order valence-electron chi connectivity index (χ3n) is 4.51. The van der Waals surface area contributed by atoms with Gasteiger partial charge < -0.3 is 40.0 Å². The maximum Gasteiger partial charge on any atom is 0.315 e. The van der Waals surface area contributed by atoms with E-state index in [-0.39, 0.29) is 54.7 Å². The van der Waals surface area contributed by atoms with Gasteiger partial charge in [0, 0.05) is 19.8 Å². The summed E-state index contributed by atoms with van der Waals surface area (Å²) >= 11 is 0. The number of nitrogens with one attached hydrogen (secondary N) is 1. The second kappa shape index (κ2) is 10.5. The number of ketones is 1. The van der Waals surface area contributed by atoms with Crippen LogP contribution in [0, 0.1) is 11.8 Å². The number of hydrogen-bond acceptors (Lipinski definition) is 9. The summed E-state index contributed by atoms with van der Waals surface area (Å²) in [7, 11) is 0. The standard InChI is InChI=1S/C20H27NO10/c1-4-10(22)8-29-13-6-5-11(7-12(13)21-17(25)9(2)3)30-20-14(18(26)27)15(23)16(24)19(28)31-20/h5-7,9,14-16,19-20,23-24,28H,4,8H2,1-3H3,(H,21,25)(H,26,27)/i1D. The van der Waals surface area contributed by atoms with Crippen LogP contribution in [0.25, 0.3) is 0 Å². The first-order chi connectivity index (χ1) is 15.0. The highest BCUT2D eigenvalue weighted by Crippen LogP contribution is 2.33. The molecule has 0 spiro atoms. The Morgan fingerprint density at radius 1 is 1.23 bits per heavy atom. The van der Waals surface area contributed by atoms with Crippen molar-refractivity contribution in [2.75, 3.05) is 11.9 Å². The molecule has 5 N–H and O–H groups in total. The van der Waals surface area contributed by atoms with Gasteiger partial charge in [0.05, 0.1) is 5.69 Å². The van der Waals surface area contributed by atoms with E-state index >= 15 is 0 Å². The van der Waals surface area contributed by atoms with Gasteiger partial charge in [0.15, 0.2) is 12.1 Å². The van der Waals surface area contributed by atoms with Crippen molar-refractivity contribution in [2.45, 2.75) is 52.0 Å². The van der Waals surface area contributed by atoms with Gasteiger partial charge in [-0.1, -0.05) is 20.7 Å². The molecule has 2 rings (SSSR count). The topological polar surface area (TPSA) is 172 Å². The molecule has 1 amide bonds. The van der Waals surface area contributed by atoms with Crippen molar-refractivity contribution < 1.29 is 50.4 Å². The molecule has 1 aromatic rings. The summed E-state index contributed by atoms with van der Waals surface area (Å²) in [5, 5.41) is 41.4.